The summed E-state index contributed by atoms with van der Waals surface area (Å²) < 4.78 is 16.1. The number of benzene rings is 1. The second-order valence-corrected chi connectivity index (χ2v) is 3.62. The lowest BCUT2D eigenvalue weighted by molar-refractivity contribution is 0.170. The summed E-state index contributed by atoms with van der Waals surface area (Å²) in [7, 11) is 3.37. The van der Waals surface area contributed by atoms with Gasteiger partial charge >= 0.3 is 0 Å². The summed E-state index contributed by atoms with van der Waals surface area (Å²) in [4.78, 5) is 0. The third kappa shape index (κ3) is 5.52. The highest BCUT2D eigenvalue weighted by Gasteiger charge is 2.09. The summed E-state index contributed by atoms with van der Waals surface area (Å²) in [5.41, 5.74) is 2.15. The fourth-order valence-electron chi connectivity index (χ4n) is 1.57. The Labute approximate surface area is 111 Å². The predicted octanol–water partition coefficient (Wildman–Crippen LogP) is 3.79. The fraction of sp³-hybridized carbons (Fsp3) is 0.600. The lowest BCUT2D eigenvalue weighted by atomic mass is 10.1. The van der Waals surface area contributed by atoms with Crippen LogP contribution in [0.3, 0.4) is 0 Å². The summed E-state index contributed by atoms with van der Waals surface area (Å²) >= 11 is 0. The van der Waals surface area contributed by atoms with Crippen molar-refractivity contribution in [2.45, 2.75) is 40.4 Å². The Kier molecular flexibility index (Phi) is 10.4. The minimum atomic E-state index is 0.566. The highest BCUT2D eigenvalue weighted by molar-refractivity contribution is 5.41. The van der Waals surface area contributed by atoms with E-state index in [0.717, 1.165) is 29.9 Å². The first-order valence-electron chi connectivity index (χ1n) is 6.54. The summed E-state index contributed by atoms with van der Waals surface area (Å²) in [5.74, 6) is 0.910. The average molecular weight is 254 g/mol. The molecule has 0 saturated heterocycles. The Bertz CT molecular complexity index is 286. The van der Waals surface area contributed by atoms with E-state index in [4.69, 9.17) is 14.2 Å². The molecule has 0 heterocycles. The van der Waals surface area contributed by atoms with Crippen molar-refractivity contribution in [2.75, 3.05) is 20.8 Å². The minimum Gasteiger partial charge on any atom is -0.493 e. The zero-order valence-corrected chi connectivity index (χ0v) is 12.3. The molecule has 3 nitrogen and oxygen atoms in total. The first kappa shape index (κ1) is 16.9. The van der Waals surface area contributed by atoms with Crippen molar-refractivity contribution >= 4 is 0 Å². The largest absolute Gasteiger partial charge is 0.493 e. The molecule has 0 bridgehead atoms. The summed E-state index contributed by atoms with van der Waals surface area (Å²) in [6.45, 7) is 7.94. The molecule has 0 radical (unpaired) electrons. The smallest absolute Gasteiger partial charge is 0.130 e. The molecule has 104 valence electrons. The number of methoxy groups -OCH3 is 2. The topological polar surface area (TPSA) is 27.7 Å². The van der Waals surface area contributed by atoms with Crippen molar-refractivity contribution in [3.8, 4) is 5.75 Å². The van der Waals surface area contributed by atoms with Gasteiger partial charge in [0.15, 0.2) is 0 Å². The average Bonchev–Trinajstić information content (AvgIpc) is 2.41. The third-order valence-corrected chi connectivity index (χ3v) is 2.23. The number of para-hydroxylation sites is 1. The van der Waals surface area contributed by atoms with Crippen LogP contribution in [0, 0.1) is 0 Å². The Balaban J connectivity index is 0.00000137. The van der Waals surface area contributed by atoms with Crippen molar-refractivity contribution in [1.82, 2.24) is 0 Å². The van der Waals surface area contributed by atoms with Crippen LogP contribution in [0.15, 0.2) is 18.2 Å². The quantitative estimate of drug-likeness (QED) is 0.741. The number of hydrogen-bond donors (Lipinski definition) is 0. The Morgan fingerprint density at radius 2 is 1.44 bits per heavy atom. The predicted molar refractivity (Wildman–Crippen MR) is 75.0 cm³/mol. The highest BCUT2D eigenvalue weighted by atomic mass is 16.5. The van der Waals surface area contributed by atoms with Gasteiger partial charge in [0, 0.05) is 25.3 Å². The van der Waals surface area contributed by atoms with Gasteiger partial charge < -0.3 is 14.2 Å². The molecule has 0 amide bonds. The SMILES string of the molecule is CC.CCCOc1c(COC)cccc1COC. The third-order valence-electron chi connectivity index (χ3n) is 2.23. The minimum absolute atomic E-state index is 0.566. The molecular formula is C15H26O3. The molecule has 0 spiro atoms. The van der Waals surface area contributed by atoms with Crippen LogP contribution in [0.1, 0.15) is 38.3 Å². The second kappa shape index (κ2) is 11.1. The summed E-state index contributed by atoms with van der Waals surface area (Å²) in [5, 5.41) is 0. The van der Waals surface area contributed by atoms with Gasteiger partial charge in [-0.25, -0.2) is 0 Å². The molecule has 0 atom stereocenters. The molecule has 0 aliphatic rings. The van der Waals surface area contributed by atoms with E-state index in [9.17, 15) is 0 Å². The van der Waals surface area contributed by atoms with Crippen LogP contribution in [0.4, 0.5) is 0 Å². The van der Waals surface area contributed by atoms with Gasteiger partial charge in [-0.1, -0.05) is 39.0 Å². The first-order chi connectivity index (χ1) is 8.83. The molecule has 1 aromatic rings. The van der Waals surface area contributed by atoms with Gasteiger partial charge in [0.1, 0.15) is 5.75 Å². The van der Waals surface area contributed by atoms with Gasteiger partial charge in [-0.2, -0.15) is 0 Å². The fourth-order valence-corrected chi connectivity index (χ4v) is 1.57. The molecule has 0 aliphatic heterocycles. The summed E-state index contributed by atoms with van der Waals surface area (Å²) in [6, 6.07) is 6.04. The molecule has 1 rings (SSSR count). The molecule has 1 aromatic carbocycles. The molecule has 0 fully saturated rings. The van der Waals surface area contributed by atoms with E-state index in [1.165, 1.54) is 0 Å². The molecular weight excluding hydrogens is 228 g/mol. The monoisotopic (exact) mass is 254 g/mol. The van der Waals surface area contributed by atoms with Gasteiger partial charge in [0.25, 0.3) is 0 Å². The van der Waals surface area contributed by atoms with E-state index in [0.29, 0.717) is 13.2 Å². The lowest BCUT2D eigenvalue weighted by Gasteiger charge is -2.14. The maximum Gasteiger partial charge on any atom is 0.130 e. The molecule has 0 aromatic heterocycles. The number of ether oxygens (including phenoxy) is 3. The van der Waals surface area contributed by atoms with Crippen molar-refractivity contribution < 1.29 is 14.2 Å². The van der Waals surface area contributed by atoms with Crippen molar-refractivity contribution in [1.29, 1.82) is 0 Å². The van der Waals surface area contributed by atoms with E-state index in [-0.39, 0.29) is 0 Å². The number of hydrogen-bond acceptors (Lipinski definition) is 3. The molecule has 0 aliphatic carbocycles. The van der Waals surface area contributed by atoms with Crippen molar-refractivity contribution in [2.24, 2.45) is 0 Å². The van der Waals surface area contributed by atoms with Crippen LogP contribution >= 0.6 is 0 Å². The van der Waals surface area contributed by atoms with Gasteiger partial charge in [0.2, 0.25) is 0 Å². The van der Waals surface area contributed by atoms with E-state index >= 15 is 0 Å². The van der Waals surface area contributed by atoms with Crippen molar-refractivity contribution in [3.63, 3.8) is 0 Å². The first-order valence-corrected chi connectivity index (χ1v) is 6.54. The zero-order chi connectivity index (χ0) is 13.8. The molecule has 0 N–H and O–H groups in total. The van der Waals surface area contributed by atoms with Gasteiger partial charge in [0.05, 0.1) is 19.8 Å². The van der Waals surface area contributed by atoms with Gasteiger partial charge in [-0.15, -0.1) is 0 Å². The van der Waals surface area contributed by atoms with E-state index in [1.807, 2.05) is 32.0 Å². The Hall–Kier alpha value is -1.06. The maximum atomic E-state index is 5.76. The summed E-state index contributed by atoms with van der Waals surface area (Å²) in [6.07, 6.45) is 0.994. The zero-order valence-electron chi connectivity index (χ0n) is 12.3. The van der Waals surface area contributed by atoms with E-state index < -0.39 is 0 Å². The number of rotatable bonds is 7. The van der Waals surface area contributed by atoms with E-state index in [2.05, 4.69) is 6.92 Å². The maximum absolute atomic E-state index is 5.76. The van der Waals surface area contributed by atoms with Crippen LogP contribution < -0.4 is 4.74 Å². The van der Waals surface area contributed by atoms with Crippen LogP contribution in [-0.4, -0.2) is 20.8 Å². The molecule has 3 heteroatoms. The molecule has 0 saturated carbocycles. The van der Waals surface area contributed by atoms with E-state index in [1.54, 1.807) is 14.2 Å². The van der Waals surface area contributed by atoms with Gasteiger partial charge in [-0.05, 0) is 6.42 Å². The second-order valence-electron chi connectivity index (χ2n) is 3.62. The standard InChI is InChI=1S/C13H20O3.C2H6/c1-4-8-16-13-11(9-14-2)6-5-7-12(13)10-15-3;1-2/h5-7H,4,8-10H2,1-3H3;1-2H3. The van der Waals surface area contributed by atoms with Crippen LogP contribution in [0.25, 0.3) is 0 Å². The Morgan fingerprint density at radius 1 is 0.944 bits per heavy atom. The van der Waals surface area contributed by atoms with Crippen LogP contribution in [0.2, 0.25) is 0 Å². The molecule has 0 unspecified atom stereocenters. The molecule has 18 heavy (non-hydrogen) atoms. The van der Waals surface area contributed by atoms with Crippen LogP contribution in [-0.2, 0) is 22.7 Å². The normalized spacial score (nSPS) is 9.61. The highest BCUT2D eigenvalue weighted by Crippen LogP contribution is 2.25. The van der Waals surface area contributed by atoms with Crippen LogP contribution in [0.5, 0.6) is 5.75 Å². The van der Waals surface area contributed by atoms with Crippen molar-refractivity contribution in [3.05, 3.63) is 29.3 Å². The van der Waals surface area contributed by atoms with Gasteiger partial charge in [-0.3, -0.25) is 0 Å². The Morgan fingerprint density at radius 3 is 1.83 bits per heavy atom. The lowest BCUT2D eigenvalue weighted by Crippen LogP contribution is -2.04.